The lowest BCUT2D eigenvalue weighted by Crippen LogP contribution is -2.24. The maximum absolute atomic E-state index is 5.90. The minimum absolute atomic E-state index is 0.625. The van der Waals surface area contributed by atoms with Crippen molar-refractivity contribution in [3.05, 3.63) is 36.2 Å². The van der Waals surface area contributed by atoms with Crippen molar-refractivity contribution in [1.29, 1.82) is 0 Å². The zero-order chi connectivity index (χ0) is 15.1. The number of aryl methyl sites for hydroxylation is 2. The Morgan fingerprint density at radius 3 is 2.76 bits per heavy atom. The maximum atomic E-state index is 5.90. The summed E-state index contributed by atoms with van der Waals surface area (Å²) in [5, 5.41) is 7.49. The third kappa shape index (κ3) is 4.58. The molecule has 1 aromatic heterocycles. The Bertz CT molecular complexity index is 566. The van der Waals surface area contributed by atoms with E-state index >= 15 is 0 Å². The van der Waals surface area contributed by atoms with E-state index < -0.39 is 0 Å². The van der Waals surface area contributed by atoms with Crippen LogP contribution in [-0.4, -0.2) is 43.2 Å². The molecule has 1 heterocycles. The van der Waals surface area contributed by atoms with Crippen molar-refractivity contribution in [3.63, 3.8) is 0 Å². The minimum Gasteiger partial charge on any atom is -0.492 e. The van der Waals surface area contributed by atoms with Crippen LogP contribution in [0.3, 0.4) is 0 Å². The minimum atomic E-state index is 0.625. The van der Waals surface area contributed by atoms with Gasteiger partial charge in [-0.15, -0.1) is 0 Å². The van der Waals surface area contributed by atoms with Crippen molar-refractivity contribution in [3.8, 4) is 16.9 Å². The first-order valence-electron chi connectivity index (χ1n) is 7.13. The third-order valence-corrected chi connectivity index (χ3v) is 3.17. The highest BCUT2D eigenvalue weighted by atomic mass is 16.5. The van der Waals surface area contributed by atoms with Gasteiger partial charge in [-0.2, -0.15) is 5.10 Å². The topological polar surface area (TPSA) is 48.3 Å². The molecule has 21 heavy (non-hydrogen) atoms. The van der Waals surface area contributed by atoms with Crippen LogP contribution in [0, 0.1) is 6.92 Å². The van der Waals surface area contributed by atoms with E-state index in [4.69, 9.17) is 9.47 Å². The standard InChI is InChI=1S/C16H23N3O2/c1-13-4-5-16(21-9-7-17-6-8-20-3)15(10-13)14-11-18-19(2)12-14/h4-5,10-12,17H,6-9H2,1-3H3. The van der Waals surface area contributed by atoms with Crippen molar-refractivity contribution in [2.24, 2.45) is 7.05 Å². The van der Waals surface area contributed by atoms with Gasteiger partial charge in [0, 0.05) is 44.6 Å². The van der Waals surface area contributed by atoms with Gasteiger partial charge in [0.25, 0.3) is 0 Å². The van der Waals surface area contributed by atoms with Crippen LogP contribution in [0.15, 0.2) is 30.6 Å². The van der Waals surface area contributed by atoms with Crippen molar-refractivity contribution in [2.75, 3.05) is 33.4 Å². The smallest absolute Gasteiger partial charge is 0.127 e. The molecule has 0 aliphatic rings. The zero-order valence-electron chi connectivity index (χ0n) is 12.9. The number of methoxy groups -OCH3 is 1. The Hall–Kier alpha value is -1.85. The average Bonchev–Trinajstić information content (AvgIpc) is 2.90. The summed E-state index contributed by atoms with van der Waals surface area (Å²) >= 11 is 0. The van der Waals surface area contributed by atoms with Gasteiger partial charge in [0.05, 0.1) is 12.8 Å². The lowest BCUT2D eigenvalue weighted by Gasteiger charge is -2.12. The molecule has 0 saturated carbocycles. The van der Waals surface area contributed by atoms with Crippen molar-refractivity contribution < 1.29 is 9.47 Å². The van der Waals surface area contributed by atoms with Crippen LogP contribution in [0.5, 0.6) is 5.75 Å². The number of benzene rings is 1. The molecule has 0 unspecified atom stereocenters. The summed E-state index contributed by atoms with van der Waals surface area (Å²) < 4.78 is 12.7. The lowest BCUT2D eigenvalue weighted by atomic mass is 10.1. The van der Waals surface area contributed by atoms with Crippen molar-refractivity contribution in [1.82, 2.24) is 15.1 Å². The summed E-state index contributed by atoms with van der Waals surface area (Å²) in [7, 11) is 3.62. The Morgan fingerprint density at radius 2 is 2.05 bits per heavy atom. The van der Waals surface area contributed by atoms with Gasteiger partial charge in [0.2, 0.25) is 0 Å². The Balaban J connectivity index is 1.99. The molecule has 0 amide bonds. The molecule has 0 bridgehead atoms. The van der Waals surface area contributed by atoms with E-state index in [-0.39, 0.29) is 0 Å². The summed E-state index contributed by atoms with van der Waals surface area (Å²) in [6.07, 6.45) is 3.86. The number of aromatic nitrogens is 2. The highest BCUT2D eigenvalue weighted by molar-refractivity contribution is 5.70. The van der Waals surface area contributed by atoms with E-state index in [1.165, 1.54) is 5.56 Å². The second-order valence-corrected chi connectivity index (χ2v) is 4.99. The van der Waals surface area contributed by atoms with Crippen LogP contribution in [0.4, 0.5) is 0 Å². The van der Waals surface area contributed by atoms with Gasteiger partial charge in [-0.1, -0.05) is 11.6 Å². The van der Waals surface area contributed by atoms with Crippen LogP contribution in [0.1, 0.15) is 5.56 Å². The van der Waals surface area contributed by atoms with Gasteiger partial charge in [0.15, 0.2) is 0 Å². The summed E-state index contributed by atoms with van der Waals surface area (Å²) in [6, 6.07) is 6.21. The Kier molecular flexibility index (Phi) is 5.78. The fraction of sp³-hybridized carbons (Fsp3) is 0.438. The number of ether oxygens (including phenoxy) is 2. The van der Waals surface area contributed by atoms with Crippen molar-refractivity contribution in [2.45, 2.75) is 6.92 Å². The van der Waals surface area contributed by atoms with Gasteiger partial charge in [-0.05, 0) is 19.1 Å². The molecule has 0 saturated heterocycles. The lowest BCUT2D eigenvalue weighted by molar-refractivity contribution is 0.197. The van der Waals surface area contributed by atoms with Gasteiger partial charge in [-0.25, -0.2) is 0 Å². The highest BCUT2D eigenvalue weighted by Crippen LogP contribution is 2.30. The summed E-state index contributed by atoms with van der Waals surface area (Å²) in [4.78, 5) is 0. The first-order valence-corrected chi connectivity index (χ1v) is 7.13. The zero-order valence-corrected chi connectivity index (χ0v) is 12.9. The number of rotatable bonds is 8. The average molecular weight is 289 g/mol. The quantitative estimate of drug-likeness (QED) is 0.755. The van der Waals surface area contributed by atoms with E-state index in [2.05, 4.69) is 29.5 Å². The molecule has 0 radical (unpaired) electrons. The molecule has 0 fully saturated rings. The second-order valence-electron chi connectivity index (χ2n) is 4.99. The van der Waals surface area contributed by atoms with Crippen LogP contribution >= 0.6 is 0 Å². The normalized spacial score (nSPS) is 10.8. The summed E-state index contributed by atoms with van der Waals surface area (Å²) in [5.74, 6) is 0.891. The van der Waals surface area contributed by atoms with Gasteiger partial charge in [0.1, 0.15) is 12.4 Å². The summed E-state index contributed by atoms with van der Waals surface area (Å²) in [6.45, 7) is 5.05. The van der Waals surface area contributed by atoms with Crippen LogP contribution in [-0.2, 0) is 11.8 Å². The summed E-state index contributed by atoms with van der Waals surface area (Å²) in [5.41, 5.74) is 3.36. The molecule has 0 aliphatic heterocycles. The maximum Gasteiger partial charge on any atom is 0.127 e. The number of nitrogens with zero attached hydrogens (tertiary/aromatic N) is 2. The number of hydrogen-bond acceptors (Lipinski definition) is 4. The first kappa shape index (κ1) is 15.5. The molecule has 0 spiro atoms. The van der Waals surface area contributed by atoms with Gasteiger partial charge in [-0.3, -0.25) is 4.68 Å². The number of hydrogen-bond donors (Lipinski definition) is 1. The molecule has 0 atom stereocenters. The fourth-order valence-corrected chi connectivity index (χ4v) is 2.09. The van der Waals surface area contributed by atoms with E-state index in [1.54, 1.807) is 11.8 Å². The first-order chi connectivity index (χ1) is 10.2. The van der Waals surface area contributed by atoms with Crippen LogP contribution in [0.2, 0.25) is 0 Å². The molecule has 114 valence electrons. The third-order valence-electron chi connectivity index (χ3n) is 3.17. The second kappa shape index (κ2) is 7.81. The predicted molar refractivity (Wildman–Crippen MR) is 83.6 cm³/mol. The van der Waals surface area contributed by atoms with Crippen molar-refractivity contribution >= 4 is 0 Å². The van der Waals surface area contributed by atoms with Crippen LogP contribution in [0.25, 0.3) is 11.1 Å². The predicted octanol–water partition coefficient (Wildman–Crippen LogP) is 2.01. The Labute approximate surface area is 125 Å². The highest BCUT2D eigenvalue weighted by Gasteiger charge is 2.08. The molecular formula is C16H23N3O2. The molecule has 5 nitrogen and oxygen atoms in total. The monoisotopic (exact) mass is 289 g/mol. The molecule has 1 N–H and O–H groups in total. The van der Waals surface area contributed by atoms with E-state index in [0.29, 0.717) is 13.2 Å². The molecule has 1 aromatic carbocycles. The number of nitrogens with one attached hydrogen (secondary N) is 1. The van der Waals surface area contributed by atoms with Crippen LogP contribution < -0.4 is 10.1 Å². The largest absolute Gasteiger partial charge is 0.492 e. The van der Waals surface area contributed by atoms with E-state index in [1.807, 2.05) is 25.5 Å². The molecular weight excluding hydrogens is 266 g/mol. The SMILES string of the molecule is COCCNCCOc1ccc(C)cc1-c1cnn(C)c1. The molecule has 2 rings (SSSR count). The molecule has 2 aromatic rings. The Morgan fingerprint density at radius 1 is 1.24 bits per heavy atom. The fourth-order valence-electron chi connectivity index (χ4n) is 2.09. The van der Waals surface area contributed by atoms with E-state index in [9.17, 15) is 0 Å². The van der Waals surface area contributed by atoms with E-state index in [0.717, 1.165) is 30.0 Å². The van der Waals surface area contributed by atoms with Gasteiger partial charge >= 0.3 is 0 Å². The molecule has 0 aliphatic carbocycles. The molecule has 5 heteroatoms. The van der Waals surface area contributed by atoms with Gasteiger partial charge < -0.3 is 14.8 Å².